The first-order valence-corrected chi connectivity index (χ1v) is 8.40. The van der Waals surface area contributed by atoms with Crippen molar-refractivity contribution < 1.29 is 29.3 Å². The topological polar surface area (TPSA) is 105 Å². The maximum Gasteiger partial charge on any atom is 0.408 e. The van der Waals surface area contributed by atoms with E-state index in [0.717, 1.165) is 5.56 Å². The SMILES string of the molecule is CC(C)(C)OC(=O)NC(Cc1ccc(Oc2ccc(O)cc2)cc1)C(=O)O. The number of ether oxygens (including phenoxy) is 2. The van der Waals surface area contributed by atoms with E-state index in [4.69, 9.17) is 9.47 Å². The van der Waals surface area contributed by atoms with Crippen LogP contribution in [0.5, 0.6) is 17.2 Å². The molecule has 144 valence electrons. The highest BCUT2D eigenvalue weighted by molar-refractivity contribution is 5.80. The smallest absolute Gasteiger partial charge is 0.408 e. The molecule has 2 aromatic rings. The lowest BCUT2D eigenvalue weighted by Gasteiger charge is -2.22. The Kier molecular flexibility index (Phi) is 6.28. The van der Waals surface area contributed by atoms with Gasteiger partial charge in [-0.25, -0.2) is 9.59 Å². The van der Waals surface area contributed by atoms with Crippen LogP contribution in [-0.2, 0) is 16.0 Å². The molecule has 7 heteroatoms. The molecule has 1 amide bonds. The van der Waals surface area contributed by atoms with E-state index in [0.29, 0.717) is 11.5 Å². The average molecular weight is 373 g/mol. The van der Waals surface area contributed by atoms with Gasteiger partial charge >= 0.3 is 12.1 Å². The van der Waals surface area contributed by atoms with Crippen LogP contribution in [-0.4, -0.2) is 33.9 Å². The van der Waals surface area contributed by atoms with Gasteiger partial charge in [0, 0.05) is 6.42 Å². The first-order chi connectivity index (χ1) is 12.6. The molecule has 0 aliphatic rings. The van der Waals surface area contributed by atoms with Crippen molar-refractivity contribution in [1.82, 2.24) is 5.32 Å². The highest BCUT2D eigenvalue weighted by atomic mass is 16.6. The van der Waals surface area contributed by atoms with E-state index in [2.05, 4.69) is 5.32 Å². The van der Waals surface area contributed by atoms with Gasteiger partial charge in [0.1, 0.15) is 28.9 Å². The predicted molar refractivity (Wildman–Crippen MR) is 99.1 cm³/mol. The number of carboxylic acid groups (broad SMARTS) is 1. The number of aromatic hydroxyl groups is 1. The molecule has 0 heterocycles. The van der Waals surface area contributed by atoms with E-state index in [-0.39, 0.29) is 12.2 Å². The van der Waals surface area contributed by atoms with Crippen molar-refractivity contribution in [3.05, 3.63) is 54.1 Å². The number of hydrogen-bond acceptors (Lipinski definition) is 5. The lowest BCUT2D eigenvalue weighted by molar-refractivity contribution is -0.139. The van der Waals surface area contributed by atoms with E-state index in [1.54, 1.807) is 57.2 Å². The van der Waals surface area contributed by atoms with Crippen molar-refractivity contribution in [2.45, 2.75) is 38.8 Å². The Bertz CT molecular complexity index is 778. The molecule has 0 saturated carbocycles. The number of benzene rings is 2. The monoisotopic (exact) mass is 373 g/mol. The number of phenols is 1. The third kappa shape index (κ3) is 6.89. The molecule has 0 spiro atoms. The second-order valence-electron chi connectivity index (χ2n) is 6.98. The highest BCUT2D eigenvalue weighted by Gasteiger charge is 2.24. The second kappa shape index (κ2) is 8.44. The quantitative estimate of drug-likeness (QED) is 0.713. The second-order valence-corrected chi connectivity index (χ2v) is 6.98. The molecule has 3 N–H and O–H groups in total. The van der Waals surface area contributed by atoms with Crippen molar-refractivity contribution in [2.24, 2.45) is 0 Å². The van der Waals surface area contributed by atoms with Crippen LogP contribution in [0.4, 0.5) is 4.79 Å². The summed E-state index contributed by atoms with van der Waals surface area (Å²) in [5.74, 6) is 0.132. The van der Waals surface area contributed by atoms with Crippen LogP contribution < -0.4 is 10.1 Å². The lowest BCUT2D eigenvalue weighted by atomic mass is 10.1. The van der Waals surface area contributed by atoms with Gasteiger partial charge < -0.3 is 25.0 Å². The van der Waals surface area contributed by atoms with Gasteiger partial charge in [0.05, 0.1) is 0 Å². The van der Waals surface area contributed by atoms with Crippen LogP contribution in [0.2, 0.25) is 0 Å². The number of hydrogen-bond donors (Lipinski definition) is 3. The molecule has 27 heavy (non-hydrogen) atoms. The fourth-order valence-electron chi connectivity index (χ4n) is 2.23. The Labute approximate surface area is 157 Å². The average Bonchev–Trinajstić information content (AvgIpc) is 2.56. The van der Waals surface area contributed by atoms with Crippen LogP contribution >= 0.6 is 0 Å². The van der Waals surface area contributed by atoms with E-state index in [9.17, 15) is 19.8 Å². The molecule has 0 aliphatic carbocycles. The fourth-order valence-corrected chi connectivity index (χ4v) is 2.23. The normalized spacial score (nSPS) is 12.1. The number of amides is 1. The molecule has 0 fully saturated rings. The molecule has 0 saturated heterocycles. The van der Waals surface area contributed by atoms with Crippen molar-refractivity contribution in [3.8, 4) is 17.2 Å². The molecular formula is C20H23NO6. The Balaban J connectivity index is 1.98. The summed E-state index contributed by atoms with van der Waals surface area (Å²) in [6, 6.07) is 12.0. The molecular weight excluding hydrogens is 350 g/mol. The van der Waals surface area contributed by atoms with Gasteiger partial charge in [-0.1, -0.05) is 12.1 Å². The van der Waals surface area contributed by atoms with Crippen LogP contribution in [0.15, 0.2) is 48.5 Å². The fraction of sp³-hybridized carbons (Fsp3) is 0.300. The molecule has 0 bridgehead atoms. The van der Waals surface area contributed by atoms with Crippen LogP contribution in [0, 0.1) is 0 Å². The number of carbonyl (C=O) groups excluding carboxylic acids is 1. The van der Waals surface area contributed by atoms with Gasteiger partial charge in [-0.05, 0) is 62.7 Å². The van der Waals surface area contributed by atoms with Crippen molar-refractivity contribution in [2.75, 3.05) is 0 Å². The van der Waals surface area contributed by atoms with Crippen LogP contribution in [0.25, 0.3) is 0 Å². The van der Waals surface area contributed by atoms with E-state index < -0.39 is 23.7 Å². The predicted octanol–water partition coefficient (Wildman–Crippen LogP) is 3.70. The minimum absolute atomic E-state index is 0.105. The van der Waals surface area contributed by atoms with Crippen LogP contribution in [0.1, 0.15) is 26.3 Å². The number of rotatable bonds is 6. The Hall–Kier alpha value is -3.22. The van der Waals surface area contributed by atoms with Crippen LogP contribution in [0.3, 0.4) is 0 Å². The maximum atomic E-state index is 11.8. The van der Waals surface area contributed by atoms with E-state index >= 15 is 0 Å². The minimum atomic E-state index is -1.15. The zero-order valence-electron chi connectivity index (χ0n) is 15.4. The lowest BCUT2D eigenvalue weighted by Crippen LogP contribution is -2.44. The number of carboxylic acids is 1. The Morgan fingerprint density at radius 3 is 2.00 bits per heavy atom. The summed E-state index contributed by atoms with van der Waals surface area (Å²) < 4.78 is 10.7. The third-order valence-electron chi connectivity index (χ3n) is 3.42. The number of carbonyl (C=O) groups is 2. The third-order valence-corrected chi connectivity index (χ3v) is 3.42. The summed E-state index contributed by atoms with van der Waals surface area (Å²) in [4.78, 5) is 23.2. The van der Waals surface area contributed by atoms with Gasteiger partial charge in [0.2, 0.25) is 0 Å². The van der Waals surface area contributed by atoms with Gasteiger partial charge in [-0.15, -0.1) is 0 Å². The molecule has 0 aromatic heterocycles. The summed E-state index contributed by atoms with van der Waals surface area (Å²) >= 11 is 0. The largest absolute Gasteiger partial charge is 0.508 e. The maximum absolute atomic E-state index is 11.8. The van der Waals surface area contributed by atoms with Crippen molar-refractivity contribution >= 4 is 12.1 Å². The summed E-state index contributed by atoms with van der Waals surface area (Å²) in [6.45, 7) is 5.11. The van der Waals surface area contributed by atoms with Gasteiger partial charge in [-0.2, -0.15) is 0 Å². The van der Waals surface area contributed by atoms with E-state index in [1.165, 1.54) is 12.1 Å². The molecule has 2 aromatic carbocycles. The summed E-state index contributed by atoms with van der Waals surface area (Å²) in [5.41, 5.74) is 0.0110. The van der Waals surface area contributed by atoms with E-state index in [1.807, 2.05) is 0 Å². The van der Waals surface area contributed by atoms with Crippen molar-refractivity contribution in [3.63, 3.8) is 0 Å². The zero-order valence-corrected chi connectivity index (χ0v) is 15.4. The first kappa shape index (κ1) is 20.1. The highest BCUT2D eigenvalue weighted by Crippen LogP contribution is 2.24. The number of phenolic OH excluding ortho intramolecular Hbond substituents is 1. The van der Waals surface area contributed by atoms with Gasteiger partial charge in [0.15, 0.2) is 0 Å². The number of alkyl carbamates (subject to hydrolysis) is 1. The molecule has 7 nitrogen and oxygen atoms in total. The summed E-state index contributed by atoms with van der Waals surface area (Å²) in [5, 5.41) is 21.0. The first-order valence-electron chi connectivity index (χ1n) is 8.40. The zero-order chi connectivity index (χ0) is 20.0. The van der Waals surface area contributed by atoms with Gasteiger partial charge in [0.25, 0.3) is 0 Å². The molecule has 0 aliphatic heterocycles. The standard InChI is InChI=1S/C20H23NO6/c1-20(2,3)27-19(25)21-17(18(23)24)12-13-4-8-15(9-5-13)26-16-10-6-14(22)7-11-16/h4-11,17,22H,12H2,1-3H3,(H,21,25)(H,23,24). The molecule has 2 rings (SSSR count). The summed E-state index contributed by atoms with van der Waals surface area (Å²) in [7, 11) is 0. The van der Waals surface area contributed by atoms with Crippen molar-refractivity contribution in [1.29, 1.82) is 0 Å². The van der Waals surface area contributed by atoms with Gasteiger partial charge in [-0.3, -0.25) is 0 Å². The molecule has 1 atom stereocenters. The Morgan fingerprint density at radius 2 is 1.52 bits per heavy atom. The number of nitrogens with one attached hydrogen (secondary N) is 1. The Morgan fingerprint density at radius 1 is 1.00 bits per heavy atom. The molecule has 0 radical (unpaired) electrons. The summed E-state index contributed by atoms with van der Waals surface area (Å²) in [6.07, 6.45) is -0.671. The number of aliphatic carboxylic acids is 1. The minimum Gasteiger partial charge on any atom is -0.508 e. The molecule has 1 unspecified atom stereocenters.